The Morgan fingerprint density at radius 1 is 1.28 bits per heavy atom. The maximum atomic E-state index is 12.9. The lowest BCUT2D eigenvalue weighted by molar-refractivity contribution is -0.384. The van der Waals surface area contributed by atoms with Crippen LogP contribution >= 0.6 is 0 Å². The predicted octanol–water partition coefficient (Wildman–Crippen LogP) is 3.61. The third-order valence-electron chi connectivity index (χ3n) is 3.27. The lowest BCUT2D eigenvalue weighted by Gasteiger charge is -2.10. The van der Waals surface area contributed by atoms with Gasteiger partial charge in [-0.3, -0.25) is 19.6 Å². The van der Waals surface area contributed by atoms with Crippen LogP contribution in [0.15, 0.2) is 24.3 Å². The molecule has 0 unspecified atom stereocenters. The van der Waals surface area contributed by atoms with Gasteiger partial charge in [-0.1, -0.05) is 0 Å². The van der Waals surface area contributed by atoms with E-state index in [4.69, 9.17) is 0 Å². The largest absolute Gasteiger partial charge is 0.324 e. The highest BCUT2D eigenvalue weighted by atomic mass is 19.3. The van der Waals surface area contributed by atoms with E-state index in [9.17, 15) is 32.5 Å². The molecule has 0 fully saturated rings. The van der Waals surface area contributed by atoms with Gasteiger partial charge >= 0.3 is 0 Å². The fourth-order valence-corrected chi connectivity index (χ4v) is 2.09. The number of amides is 1. The highest BCUT2D eigenvalue weighted by molar-refractivity contribution is 5.91. The maximum absolute atomic E-state index is 12.9. The molecule has 1 N–H and O–H groups in total. The van der Waals surface area contributed by atoms with Gasteiger partial charge in [0.2, 0.25) is 5.91 Å². The van der Waals surface area contributed by atoms with Crippen molar-refractivity contribution < 1.29 is 27.3 Å². The zero-order valence-electron chi connectivity index (χ0n) is 12.7. The van der Waals surface area contributed by atoms with Crippen LogP contribution in [0, 0.1) is 17.0 Å². The summed E-state index contributed by atoms with van der Waals surface area (Å²) in [5, 5.41) is 16.3. The van der Waals surface area contributed by atoms with Gasteiger partial charge in [-0.2, -0.15) is 5.10 Å². The van der Waals surface area contributed by atoms with E-state index in [0.717, 1.165) is 6.07 Å². The molecule has 7 nitrogen and oxygen atoms in total. The number of halogens is 4. The molecule has 0 bridgehead atoms. The molecule has 0 saturated heterocycles. The number of nitrogens with one attached hydrogen (secondary N) is 1. The summed E-state index contributed by atoms with van der Waals surface area (Å²) in [4.78, 5) is 22.0. The van der Waals surface area contributed by atoms with Crippen molar-refractivity contribution in [3.8, 4) is 0 Å². The highest BCUT2D eigenvalue weighted by Gasteiger charge is 2.22. The molecule has 0 atom stereocenters. The first-order valence-electron chi connectivity index (χ1n) is 6.88. The van der Waals surface area contributed by atoms with Gasteiger partial charge in [0.05, 0.1) is 4.92 Å². The van der Waals surface area contributed by atoms with E-state index in [2.05, 4.69) is 10.4 Å². The number of aromatic nitrogens is 2. The van der Waals surface area contributed by atoms with Crippen LogP contribution in [0.25, 0.3) is 0 Å². The summed E-state index contributed by atoms with van der Waals surface area (Å²) in [5.74, 6) is -0.789. The zero-order chi connectivity index (χ0) is 18.7. The average molecular weight is 360 g/mol. The number of non-ortho nitro benzene ring substituents is 1. The number of aryl methyl sites for hydroxylation is 1. The fourth-order valence-electron chi connectivity index (χ4n) is 2.09. The van der Waals surface area contributed by atoms with Gasteiger partial charge in [0, 0.05) is 17.8 Å². The summed E-state index contributed by atoms with van der Waals surface area (Å²) in [6.07, 6.45) is -6.12. The van der Waals surface area contributed by atoms with Crippen LogP contribution in [0.5, 0.6) is 0 Å². The molecule has 1 aromatic carbocycles. The average Bonchev–Trinajstić information content (AvgIpc) is 2.93. The maximum Gasteiger partial charge on any atom is 0.282 e. The molecule has 1 heterocycles. The van der Waals surface area contributed by atoms with Gasteiger partial charge in [0.1, 0.15) is 17.9 Å². The monoisotopic (exact) mass is 360 g/mol. The summed E-state index contributed by atoms with van der Waals surface area (Å²) in [5.41, 5.74) is -1.22. The number of hydrogen-bond donors (Lipinski definition) is 1. The second-order valence-electron chi connectivity index (χ2n) is 5.06. The molecule has 0 aliphatic rings. The molecule has 2 aromatic rings. The van der Waals surface area contributed by atoms with Crippen LogP contribution in [-0.4, -0.2) is 20.6 Å². The van der Waals surface area contributed by atoms with Crippen LogP contribution in [-0.2, 0) is 11.3 Å². The van der Waals surface area contributed by atoms with Crippen LogP contribution in [0.2, 0.25) is 0 Å². The Bertz CT molecular complexity index is 807. The molecule has 0 saturated carbocycles. The first-order valence-corrected chi connectivity index (χ1v) is 6.88. The van der Waals surface area contributed by atoms with Gasteiger partial charge in [0.15, 0.2) is 0 Å². The second-order valence-corrected chi connectivity index (χ2v) is 5.06. The number of benzene rings is 1. The molecular weight excluding hydrogens is 348 g/mol. The van der Waals surface area contributed by atoms with Crippen molar-refractivity contribution in [2.45, 2.75) is 26.3 Å². The molecular formula is C14H12F4N4O3. The quantitative estimate of drug-likeness (QED) is 0.484. The Balaban J connectivity index is 2.16. The van der Waals surface area contributed by atoms with E-state index in [1.54, 1.807) is 0 Å². The number of nitrogens with zero attached hydrogens (tertiary/aromatic N) is 3. The van der Waals surface area contributed by atoms with Crippen molar-refractivity contribution in [3.05, 3.63) is 51.3 Å². The van der Waals surface area contributed by atoms with Crippen LogP contribution < -0.4 is 5.32 Å². The molecule has 1 aromatic heterocycles. The van der Waals surface area contributed by atoms with E-state index in [-0.39, 0.29) is 11.4 Å². The molecule has 0 aliphatic heterocycles. The zero-order valence-corrected chi connectivity index (χ0v) is 12.7. The van der Waals surface area contributed by atoms with E-state index >= 15 is 0 Å². The Morgan fingerprint density at radius 3 is 2.48 bits per heavy atom. The van der Waals surface area contributed by atoms with Crippen molar-refractivity contribution in [1.82, 2.24) is 9.78 Å². The number of nitro benzene ring substituents is 1. The molecule has 11 heteroatoms. The number of anilines is 1. The number of carbonyl (C=O) groups is 1. The summed E-state index contributed by atoms with van der Waals surface area (Å²) in [7, 11) is 0. The standard InChI is InChI=1S/C14H12F4N4O3/c1-7-4-8(22(24)25)2-3-9(7)19-12(23)6-21-11(14(17)18)5-10(20-21)13(15)16/h2-5,13-14H,6H2,1H3,(H,19,23). The van der Waals surface area contributed by atoms with Crippen molar-refractivity contribution in [3.63, 3.8) is 0 Å². The molecule has 0 radical (unpaired) electrons. The topological polar surface area (TPSA) is 90.1 Å². The van der Waals surface area contributed by atoms with Crippen LogP contribution in [0.3, 0.4) is 0 Å². The molecule has 25 heavy (non-hydrogen) atoms. The first-order chi connectivity index (χ1) is 11.7. The predicted molar refractivity (Wildman–Crippen MR) is 78.6 cm³/mol. The van der Waals surface area contributed by atoms with Crippen molar-refractivity contribution in [2.75, 3.05) is 5.32 Å². The van der Waals surface area contributed by atoms with E-state index in [0.29, 0.717) is 16.3 Å². The number of nitro groups is 1. The molecule has 2 rings (SSSR count). The van der Waals surface area contributed by atoms with Crippen LogP contribution in [0.4, 0.5) is 28.9 Å². The van der Waals surface area contributed by atoms with Gasteiger partial charge in [-0.25, -0.2) is 17.6 Å². The number of hydrogen-bond acceptors (Lipinski definition) is 4. The number of rotatable bonds is 6. The van der Waals surface area contributed by atoms with Crippen LogP contribution in [0.1, 0.15) is 29.8 Å². The summed E-state index contributed by atoms with van der Waals surface area (Å²) < 4.78 is 51.4. The molecule has 0 aliphatic carbocycles. The second kappa shape index (κ2) is 7.28. The minimum Gasteiger partial charge on any atom is -0.324 e. The summed E-state index contributed by atoms with van der Waals surface area (Å²) in [6, 6.07) is 4.21. The van der Waals surface area contributed by atoms with E-state index < -0.39 is 41.6 Å². The minimum atomic E-state index is -3.08. The lowest BCUT2D eigenvalue weighted by atomic mass is 10.2. The molecule has 1 amide bonds. The Morgan fingerprint density at radius 2 is 1.96 bits per heavy atom. The molecule has 0 spiro atoms. The van der Waals surface area contributed by atoms with Gasteiger partial charge in [-0.05, 0) is 24.6 Å². The summed E-state index contributed by atoms with van der Waals surface area (Å²) >= 11 is 0. The Labute approximate surface area is 138 Å². The summed E-state index contributed by atoms with van der Waals surface area (Å²) in [6.45, 7) is 0.804. The molecule has 134 valence electrons. The van der Waals surface area contributed by atoms with Crippen molar-refractivity contribution in [1.29, 1.82) is 0 Å². The van der Waals surface area contributed by atoms with Gasteiger partial charge < -0.3 is 5.32 Å². The smallest absolute Gasteiger partial charge is 0.282 e. The number of carbonyl (C=O) groups excluding carboxylic acids is 1. The number of alkyl halides is 4. The third-order valence-corrected chi connectivity index (χ3v) is 3.27. The van der Waals surface area contributed by atoms with E-state index in [1.165, 1.54) is 19.1 Å². The Hall–Kier alpha value is -2.98. The SMILES string of the molecule is Cc1cc([N+](=O)[O-])ccc1NC(=O)Cn1nc(C(F)F)cc1C(F)F. The van der Waals surface area contributed by atoms with E-state index in [1.807, 2.05) is 0 Å². The normalized spacial score (nSPS) is 11.2. The highest BCUT2D eigenvalue weighted by Crippen LogP contribution is 2.25. The minimum absolute atomic E-state index is 0.177. The Kier molecular flexibility index (Phi) is 5.35. The first kappa shape index (κ1) is 18.4. The lowest BCUT2D eigenvalue weighted by Crippen LogP contribution is -2.21. The van der Waals surface area contributed by atoms with Crippen molar-refractivity contribution >= 4 is 17.3 Å². The fraction of sp³-hybridized carbons (Fsp3) is 0.286. The van der Waals surface area contributed by atoms with Crippen molar-refractivity contribution in [2.24, 2.45) is 0 Å². The van der Waals surface area contributed by atoms with Gasteiger partial charge in [0.25, 0.3) is 18.5 Å². The van der Waals surface area contributed by atoms with Gasteiger partial charge in [-0.15, -0.1) is 0 Å². The third kappa shape index (κ3) is 4.31.